The molecule has 64 valence electrons. The molecule has 0 aliphatic heterocycles. The lowest BCUT2D eigenvalue weighted by molar-refractivity contribution is 0.116. The SMILES string of the molecule is C=C(Br)CNC(=O)OC(C)C. The number of carbonyl (C=O) groups is 1. The van der Waals surface area contributed by atoms with Crippen LogP contribution in [0.15, 0.2) is 11.1 Å². The van der Waals surface area contributed by atoms with Crippen LogP contribution in [-0.4, -0.2) is 18.7 Å². The highest BCUT2D eigenvalue weighted by atomic mass is 79.9. The van der Waals surface area contributed by atoms with Crippen LogP contribution in [0.1, 0.15) is 13.8 Å². The highest BCUT2D eigenvalue weighted by Crippen LogP contribution is 1.97. The Bertz CT molecular complexity index is 157. The molecule has 0 saturated heterocycles. The Morgan fingerprint density at radius 3 is 2.64 bits per heavy atom. The molecule has 4 heteroatoms. The van der Waals surface area contributed by atoms with Gasteiger partial charge < -0.3 is 10.1 Å². The van der Waals surface area contributed by atoms with E-state index in [0.717, 1.165) is 4.48 Å². The van der Waals surface area contributed by atoms with Gasteiger partial charge in [-0.2, -0.15) is 0 Å². The summed E-state index contributed by atoms with van der Waals surface area (Å²) in [6.45, 7) is 7.54. The molecule has 0 heterocycles. The zero-order chi connectivity index (χ0) is 8.85. The van der Waals surface area contributed by atoms with E-state index in [9.17, 15) is 4.79 Å². The van der Waals surface area contributed by atoms with Crippen LogP contribution in [0.3, 0.4) is 0 Å². The first-order valence-corrected chi connectivity index (χ1v) is 4.09. The van der Waals surface area contributed by atoms with Crippen molar-refractivity contribution in [1.29, 1.82) is 0 Å². The molecular weight excluding hydrogens is 210 g/mol. The number of hydrogen-bond acceptors (Lipinski definition) is 2. The van der Waals surface area contributed by atoms with E-state index in [2.05, 4.69) is 27.8 Å². The van der Waals surface area contributed by atoms with Crippen LogP contribution in [0.4, 0.5) is 4.79 Å². The largest absolute Gasteiger partial charge is 0.447 e. The van der Waals surface area contributed by atoms with Gasteiger partial charge in [-0.05, 0) is 13.8 Å². The van der Waals surface area contributed by atoms with Gasteiger partial charge in [0.25, 0.3) is 0 Å². The van der Waals surface area contributed by atoms with Gasteiger partial charge in [0.1, 0.15) is 0 Å². The average Bonchev–Trinajstić information content (AvgIpc) is 1.82. The maximum Gasteiger partial charge on any atom is 0.407 e. The first-order valence-electron chi connectivity index (χ1n) is 3.30. The van der Waals surface area contributed by atoms with Crippen LogP contribution >= 0.6 is 15.9 Å². The number of amides is 1. The molecule has 1 amide bonds. The number of carbonyl (C=O) groups excluding carboxylic acids is 1. The number of nitrogens with one attached hydrogen (secondary N) is 1. The van der Waals surface area contributed by atoms with Gasteiger partial charge in [0.2, 0.25) is 0 Å². The molecule has 0 bridgehead atoms. The summed E-state index contributed by atoms with van der Waals surface area (Å²) in [6.07, 6.45) is -0.501. The lowest BCUT2D eigenvalue weighted by atomic mass is 10.5. The van der Waals surface area contributed by atoms with Gasteiger partial charge >= 0.3 is 6.09 Å². The third kappa shape index (κ3) is 7.39. The maximum absolute atomic E-state index is 10.8. The molecule has 0 saturated carbocycles. The van der Waals surface area contributed by atoms with E-state index in [4.69, 9.17) is 4.74 Å². The third-order valence-corrected chi connectivity index (χ3v) is 1.05. The Hall–Kier alpha value is -0.510. The minimum Gasteiger partial charge on any atom is -0.447 e. The first kappa shape index (κ1) is 10.5. The molecular formula is C7H12BrNO2. The Morgan fingerprint density at radius 2 is 2.27 bits per heavy atom. The van der Waals surface area contributed by atoms with Gasteiger partial charge in [-0.25, -0.2) is 4.79 Å². The van der Waals surface area contributed by atoms with Gasteiger partial charge in [0.15, 0.2) is 0 Å². The predicted molar refractivity (Wildman–Crippen MR) is 47.7 cm³/mol. The monoisotopic (exact) mass is 221 g/mol. The van der Waals surface area contributed by atoms with Crippen LogP contribution in [0, 0.1) is 0 Å². The molecule has 0 fully saturated rings. The molecule has 0 aliphatic carbocycles. The van der Waals surface area contributed by atoms with Crippen molar-refractivity contribution < 1.29 is 9.53 Å². The van der Waals surface area contributed by atoms with Crippen LogP contribution in [0.25, 0.3) is 0 Å². The molecule has 1 N–H and O–H groups in total. The molecule has 0 aromatic rings. The highest BCUT2D eigenvalue weighted by Gasteiger charge is 2.02. The van der Waals surface area contributed by atoms with Gasteiger partial charge in [-0.15, -0.1) is 0 Å². The molecule has 0 aromatic carbocycles. The Kier molecular flexibility index (Phi) is 4.94. The number of ether oxygens (including phenoxy) is 1. The van der Waals surface area contributed by atoms with Gasteiger partial charge in [-0.3, -0.25) is 0 Å². The Balaban J connectivity index is 3.45. The standard InChI is InChI=1S/C7H12BrNO2/c1-5(2)11-7(10)9-4-6(3)8/h5H,3-4H2,1-2H3,(H,9,10). The fourth-order valence-corrected chi connectivity index (χ4v) is 0.564. The summed E-state index contributed by atoms with van der Waals surface area (Å²) in [6, 6.07) is 0. The predicted octanol–water partition coefficient (Wildman–Crippen LogP) is 2.03. The van der Waals surface area contributed by atoms with Crippen molar-refractivity contribution in [3.05, 3.63) is 11.1 Å². The normalized spacial score (nSPS) is 9.45. The van der Waals surface area contributed by atoms with Crippen LogP contribution in [0.5, 0.6) is 0 Å². The molecule has 0 radical (unpaired) electrons. The summed E-state index contributed by atoms with van der Waals surface area (Å²) < 4.78 is 5.51. The summed E-state index contributed by atoms with van der Waals surface area (Å²) in [5, 5.41) is 2.51. The fourth-order valence-electron chi connectivity index (χ4n) is 0.424. The highest BCUT2D eigenvalue weighted by molar-refractivity contribution is 9.11. The van der Waals surface area contributed by atoms with Crippen molar-refractivity contribution in [2.75, 3.05) is 6.54 Å². The second-order valence-electron chi connectivity index (χ2n) is 2.32. The van der Waals surface area contributed by atoms with Crippen molar-refractivity contribution in [1.82, 2.24) is 5.32 Å². The quantitative estimate of drug-likeness (QED) is 0.793. The molecule has 0 spiro atoms. The lowest BCUT2D eigenvalue weighted by Crippen LogP contribution is -2.27. The van der Waals surface area contributed by atoms with E-state index in [1.54, 1.807) is 13.8 Å². The van der Waals surface area contributed by atoms with Crippen LogP contribution in [0.2, 0.25) is 0 Å². The van der Waals surface area contributed by atoms with E-state index in [1.807, 2.05) is 0 Å². The number of halogens is 1. The van der Waals surface area contributed by atoms with E-state index in [1.165, 1.54) is 0 Å². The Morgan fingerprint density at radius 1 is 1.73 bits per heavy atom. The molecule has 0 aromatic heterocycles. The third-order valence-electron chi connectivity index (χ3n) is 0.767. The van der Waals surface area contributed by atoms with Crippen molar-refractivity contribution in [2.45, 2.75) is 20.0 Å². The van der Waals surface area contributed by atoms with Crippen LogP contribution < -0.4 is 5.32 Å². The van der Waals surface area contributed by atoms with Crippen molar-refractivity contribution in [3.8, 4) is 0 Å². The maximum atomic E-state index is 10.8. The zero-order valence-corrected chi connectivity index (χ0v) is 8.27. The zero-order valence-electron chi connectivity index (χ0n) is 6.69. The van der Waals surface area contributed by atoms with E-state index < -0.39 is 6.09 Å². The van der Waals surface area contributed by atoms with Crippen molar-refractivity contribution >= 4 is 22.0 Å². The van der Waals surface area contributed by atoms with Gasteiger partial charge in [0, 0.05) is 4.48 Å². The number of alkyl carbamates (subject to hydrolysis) is 1. The molecule has 11 heavy (non-hydrogen) atoms. The van der Waals surface area contributed by atoms with Gasteiger partial charge in [-0.1, -0.05) is 22.5 Å². The summed E-state index contributed by atoms with van der Waals surface area (Å²) >= 11 is 3.10. The summed E-state index contributed by atoms with van der Waals surface area (Å²) in [7, 11) is 0. The molecule has 0 atom stereocenters. The minimum absolute atomic E-state index is 0.0846. The second-order valence-corrected chi connectivity index (χ2v) is 3.45. The topological polar surface area (TPSA) is 38.3 Å². The summed E-state index contributed by atoms with van der Waals surface area (Å²) in [4.78, 5) is 10.8. The minimum atomic E-state index is -0.416. The fraction of sp³-hybridized carbons (Fsp3) is 0.571. The first-order chi connectivity index (χ1) is 5.02. The van der Waals surface area contributed by atoms with Gasteiger partial charge in [0.05, 0.1) is 12.6 Å². The Labute approximate surface area is 74.9 Å². The molecule has 3 nitrogen and oxygen atoms in total. The second kappa shape index (κ2) is 5.18. The number of rotatable bonds is 3. The van der Waals surface area contributed by atoms with Crippen molar-refractivity contribution in [3.63, 3.8) is 0 Å². The van der Waals surface area contributed by atoms with Crippen molar-refractivity contribution in [2.24, 2.45) is 0 Å². The molecule has 0 rings (SSSR count). The number of hydrogen-bond donors (Lipinski definition) is 1. The average molecular weight is 222 g/mol. The summed E-state index contributed by atoms with van der Waals surface area (Å²) in [5.74, 6) is 0. The van der Waals surface area contributed by atoms with Crippen LogP contribution in [-0.2, 0) is 4.74 Å². The molecule has 0 unspecified atom stereocenters. The van der Waals surface area contributed by atoms with E-state index >= 15 is 0 Å². The van der Waals surface area contributed by atoms with E-state index in [-0.39, 0.29) is 6.10 Å². The molecule has 0 aliphatic rings. The smallest absolute Gasteiger partial charge is 0.407 e. The lowest BCUT2D eigenvalue weighted by Gasteiger charge is -2.08. The summed E-state index contributed by atoms with van der Waals surface area (Å²) in [5.41, 5.74) is 0. The van der Waals surface area contributed by atoms with E-state index in [0.29, 0.717) is 6.54 Å².